The van der Waals surface area contributed by atoms with E-state index in [1.807, 2.05) is 42.7 Å². The number of aliphatic imine (C=N–C) groups is 1. The molecule has 4 aromatic rings. The first kappa shape index (κ1) is 18.9. The first-order valence-electron chi connectivity index (χ1n) is 9.93. The lowest BCUT2D eigenvalue weighted by Gasteiger charge is -2.05. The predicted octanol–water partition coefficient (Wildman–Crippen LogP) is 6.11. The molecular weight excluding hydrogens is 358 g/mol. The molecule has 2 heterocycles. The van der Waals surface area contributed by atoms with Gasteiger partial charge in [-0.3, -0.25) is 9.98 Å². The molecule has 0 amide bonds. The molecule has 2 aromatic heterocycles. The fourth-order valence-electron chi connectivity index (χ4n) is 3.24. The summed E-state index contributed by atoms with van der Waals surface area (Å²) >= 11 is 0. The Balaban J connectivity index is 1.66. The second kappa shape index (κ2) is 7.87. The number of nitrogen functional groups attached to an aromatic ring is 1. The highest BCUT2D eigenvalue weighted by Gasteiger charge is 2.09. The third-order valence-electron chi connectivity index (χ3n) is 4.95. The minimum absolute atomic E-state index is 0.460. The van der Waals surface area contributed by atoms with Gasteiger partial charge in [0.25, 0.3) is 0 Å². The van der Waals surface area contributed by atoms with Gasteiger partial charge < -0.3 is 10.7 Å². The summed E-state index contributed by atoms with van der Waals surface area (Å²) < 4.78 is 0. The number of benzene rings is 2. The molecule has 0 aliphatic heterocycles. The Labute approximate surface area is 170 Å². The number of nitrogens with one attached hydrogen (secondary N) is 1. The molecule has 5 nitrogen and oxygen atoms in total. The Bertz CT molecular complexity index is 1170. The second-order valence-electron chi connectivity index (χ2n) is 7.44. The summed E-state index contributed by atoms with van der Waals surface area (Å²) in [7, 11) is 0. The van der Waals surface area contributed by atoms with Gasteiger partial charge in [0.1, 0.15) is 5.69 Å². The number of fused-ring (bicyclic) bond motifs is 1. The zero-order valence-electron chi connectivity index (χ0n) is 17.0. The third-order valence-corrected chi connectivity index (χ3v) is 4.95. The van der Waals surface area contributed by atoms with Crippen LogP contribution in [0.1, 0.15) is 38.7 Å². The number of hydrogen-bond donors (Lipinski definition) is 2. The van der Waals surface area contributed by atoms with Crippen molar-refractivity contribution in [2.24, 2.45) is 4.99 Å². The van der Waals surface area contributed by atoms with Crippen LogP contribution in [0.25, 0.3) is 33.7 Å². The minimum atomic E-state index is 0.460. The number of rotatable bonds is 5. The molecule has 0 atom stereocenters. The second-order valence-corrected chi connectivity index (χ2v) is 7.44. The van der Waals surface area contributed by atoms with Gasteiger partial charge in [-0.15, -0.1) is 0 Å². The van der Waals surface area contributed by atoms with Crippen LogP contribution in [0.3, 0.4) is 0 Å². The molecule has 0 bridgehead atoms. The summed E-state index contributed by atoms with van der Waals surface area (Å²) in [4.78, 5) is 17.0. The maximum Gasteiger partial charge on any atom is 0.157 e. The van der Waals surface area contributed by atoms with Gasteiger partial charge in [0.2, 0.25) is 0 Å². The minimum Gasteiger partial charge on any atom is -0.397 e. The lowest BCUT2D eigenvalue weighted by atomic mass is 10.0. The van der Waals surface area contributed by atoms with E-state index in [1.165, 1.54) is 5.56 Å². The largest absolute Gasteiger partial charge is 0.397 e. The van der Waals surface area contributed by atoms with Crippen LogP contribution < -0.4 is 5.73 Å². The van der Waals surface area contributed by atoms with Gasteiger partial charge in [-0.05, 0) is 59.4 Å². The van der Waals surface area contributed by atoms with Crippen molar-refractivity contribution in [3.63, 3.8) is 0 Å². The van der Waals surface area contributed by atoms with E-state index in [4.69, 9.17) is 10.7 Å². The highest BCUT2D eigenvalue weighted by molar-refractivity contribution is 5.85. The topological polar surface area (TPSA) is 80.0 Å². The van der Waals surface area contributed by atoms with E-state index in [0.717, 1.165) is 45.8 Å². The van der Waals surface area contributed by atoms with E-state index in [1.54, 1.807) is 0 Å². The molecule has 0 saturated heterocycles. The van der Waals surface area contributed by atoms with Crippen LogP contribution in [-0.2, 0) is 0 Å². The van der Waals surface area contributed by atoms with Crippen LogP contribution in [0.4, 0.5) is 11.4 Å². The van der Waals surface area contributed by atoms with E-state index in [9.17, 15) is 0 Å². The van der Waals surface area contributed by atoms with E-state index in [-0.39, 0.29) is 0 Å². The third kappa shape index (κ3) is 3.90. The number of anilines is 1. The van der Waals surface area contributed by atoms with Gasteiger partial charge in [0.05, 0.1) is 22.4 Å². The number of nitrogens with two attached hydrogens (primary N) is 1. The number of aromatic amines is 1. The van der Waals surface area contributed by atoms with Gasteiger partial charge in [-0.1, -0.05) is 39.0 Å². The molecule has 0 aliphatic rings. The SMILES string of the molecule is CCC=Nc1ccc(-c2ccc3nc(-c4ccc(C(C)C)cn4)[nH]c3c2)cc1N. The van der Waals surface area contributed by atoms with Crippen LogP contribution >= 0.6 is 0 Å². The van der Waals surface area contributed by atoms with Crippen molar-refractivity contribution >= 4 is 28.6 Å². The van der Waals surface area contributed by atoms with Crippen molar-refractivity contribution in [3.05, 3.63) is 60.3 Å². The molecule has 0 saturated carbocycles. The van der Waals surface area contributed by atoms with Crippen molar-refractivity contribution in [2.45, 2.75) is 33.1 Å². The molecule has 0 radical (unpaired) electrons. The van der Waals surface area contributed by atoms with E-state index >= 15 is 0 Å². The number of pyridine rings is 1. The summed E-state index contributed by atoms with van der Waals surface area (Å²) in [6.45, 7) is 6.37. The first-order valence-corrected chi connectivity index (χ1v) is 9.93. The number of nitrogens with zero attached hydrogens (tertiary/aromatic N) is 3. The molecule has 4 rings (SSSR count). The lowest BCUT2D eigenvalue weighted by molar-refractivity contribution is 0.858. The van der Waals surface area contributed by atoms with Crippen LogP contribution in [0, 0.1) is 0 Å². The van der Waals surface area contributed by atoms with Crippen molar-refractivity contribution in [2.75, 3.05) is 5.73 Å². The molecular formula is C24H25N5. The maximum atomic E-state index is 6.18. The Morgan fingerprint density at radius 3 is 2.55 bits per heavy atom. The molecule has 0 fully saturated rings. The average molecular weight is 383 g/mol. The standard InChI is InChI=1S/C24H25N5/c1-4-11-26-20-8-5-16(12-19(20)25)17-6-9-21-23(13-17)29-24(28-21)22-10-7-18(14-27-22)15(2)3/h5-15H,4,25H2,1-3H3,(H,28,29). The number of imidazole rings is 1. The lowest BCUT2D eigenvalue weighted by Crippen LogP contribution is -1.91. The molecule has 2 aromatic carbocycles. The van der Waals surface area contributed by atoms with E-state index in [2.05, 4.69) is 53.9 Å². The number of H-pyrrole nitrogens is 1. The van der Waals surface area contributed by atoms with Crippen LogP contribution in [0.15, 0.2) is 59.7 Å². The van der Waals surface area contributed by atoms with Crippen LogP contribution in [0.2, 0.25) is 0 Å². The van der Waals surface area contributed by atoms with E-state index < -0.39 is 0 Å². The normalized spacial score (nSPS) is 11.7. The van der Waals surface area contributed by atoms with Crippen LogP contribution in [0.5, 0.6) is 0 Å². The quantitative estimate of drug-likeness (QED) is 0.322. The molecule has 3 N–H and O–H groups in total. The van der Waals surface area contributed by atoms with Gasteiger partial charge in [-0.25, -0.2) is 4.98 Å². The summed E-state index contributed by atoms with van der Waals surface area (Å²) in [6.07, 6.45) is 4.67. The smallest absolute Gasteiger partial charge is 0.157 e. The number of aromatic nitrogens is 3. The summed E-state index contributed by atoms with van der Waals surface area (Å²) in [6, 6.07) is 16.3. The summed E-state index contributed by atoms with van der Waals surface area (Å²) in [5, 5.41) is 0. The Hall–Kier alpha value is -3.47. The Morgan fingerprint density at radius 2 is 1.86 bits per heavy atom. The average Bonchev–Trinajstić information content (AvgIpc) is 3.16. The Kier molecular flexibility index (Phi) is 5.12. The van der Waals surface area contributed by atoms with Crippen molar-refractivity contribution in [1.29, 1.82) is 0 Å². The molecule has 146 valence electrons. The zero-order chi connectivity index (χ0) is 20.4. The summed E-state index contributed by atoms with van der Waals surface area (Å²) in [5.74, 6) is 1.23. The van der Waals surface area contributed by atoms with Crippen molar-refractivity contribution < 1.29 is 0 Å². The highest BCUT2D eigenvalue weighted by Crippen LogP contribution is 2.31. The fraction of sp³-hybridized carbons (Fsp3) is 0.208. The molecule has 0 spiro atoms. The van der Waals surface area contributed by atoms with Gasteiger partial charge in [0, 0.05) is 12.4 Å². The maximum absolute atomic E-state index is 6.18. The number of hydrogen-bond acceptors (Lipinski definition) is 4. The molecule has 29 heavy (non-hydrogen) atoms. The van der Waals surface area contributed by atoms with Crippen LogP contribution in [-0.4, -0.2) is 21.2 Å². The van der Waals surface area contributed by atoms with Gasteiger partial charge >= 0.3 is 0 Å². The zero-order valence-corrected chi connectivity index (χ0v) is 17.0. The molecule has 5 heteroatoms. The fourth-order valence-corrected chi connectivity index (χ4v) is 3.24. The van der Waals surface area contributed by atoms with Crippen molar-refractivity contribution in [3.8, 4) is 22.6 Å². The first-order chi connectivity index (χ1) is 14.0. The van der Waals surface area contributed by atoms with Gasteiger partial charge in [0.15, 0.2) is 5.82 Å². The summed E-state index contributed by atoms with van der Waals surface area (Å²) in [5.41, 5.74) is 13.7. The van der Waals surface area contributed by atoms with Crippen molar-refractivity contribution in [1.82, 2.24) is 15.0 Å². The molecule has 0 aliphatic carbocycles. The predicted molar refractivity (Wildman–Crippen MR) is 122 cm³/mol. The van der Waals surface area contributed by atoms with E-state index in [0.29, 0.717) is 11.6 Å². The highest BCUT2D eigenvalue weighted by atomic mass is 14.9. The molecule has 0 unspecified atom stereocenters. The van der Waals surface area contributed by atoms with Gasteiger partial charge in [-0.2, -0.15) is 0 Å². The monoisotopic (exact) mass is 383 g/mol. The Morgan fingerprint density at radius 1 is 1.07 bits per heavy atom.